The van der Waals surface area contributed by atoms with E-state index < -0.39 is 0 Å². The van der Waals surface area contributed by atoms with E-state index in [1.54, 1.807) is 0 Å². The van der Waals surface area contributed by atoms with Crippen LogP contribution in [0.15, 0.2) is 24.3 Å². The second kappa shape index (κ2) is 14.8. The summed E-state index contributed by atoms with van der Waals surface area (Å²) in [6.07, 6.45) is 20.6. The van der Waals surface area contributed by atoms with Crippen LogP contribution in [0.2, 0.25) is 0 Å². The first-order valence-corrected chi connectivity index (χ1v) is 7.33. The van der Waals surface area contributed by atoms with Gasteiger partial charge in [0, 0.05) is 5.88 Å². The monoisotopic (exact) mass is 242 g/mol. The van der Waals surface area contributed by atoms with E-state index in [1.807, 2.05) is 0 Å². The van der Waals surface area contributed by atoms with Gasteiger partial charge in [0.1, 0.15) is 0 Å². The maximum absolute atomic E-state index is 5.56. The van der Waals surface area contributed by atoms with E-state index in [2.05, 4.69) is 31.2 Å². The molecule has 0 aliphatic carbocycles. The fraction of sp³-hybridized carbons (Fsp3) is 0.733. The molecule has 0 amide bonds. The van der Waals surface area contributed by atoms with Gasteiger partial charge in [-0.25, -0.2) is 0 Å². The van der Waals surface area contributed by atoms with E-state index in [1.165, 1.54) is 51.4 Å². The van der Waals surface area contributed by atoms with Gasteiger partial charge in [-0.2, -0.15) is 0 Å². The van der Waals surface area contributed by atoms with Gasteiger partial charge in [-0.05, 0) is 19.3 Å². The Bertz CT molecular complexity index is 170. The van der Waals surface area contributed by atoms with Crippen LogP contribution in [0.4, 0.5) is 0 Å². The largest absolute Gasteiger partial charge is 0.126 e. The van der Waals surface area contributed by atoms with Crippen molar-refractivity contribution in [3.63, 3.8) is 0 Å². The van der Waals surface area contributed by atoms with E-state index >= 15 is 0 Å². The summed E-state index contributed by atoms with van der Waals surface area (Å²) in [5, 5.41) is 0. The summed E-state index contributed by atoms with van der Waals surface area (Å²) in [6.45, 7) is 2.27. The number of unbranched alkanes of at least 4 members (excludes halogenated alkanes) is 7. The summed E-state index contributed by atoms with van der Waals surface area (Å²) in [4.78, 5) is 0. The van der Waals surface area contributed by atoms with E-state index in [4.69, 9.17) is 11.6 Å². The van der Waals surface area contributed by atoms with Crippen molar-refractivity contribution >= 4 is 11.6 Å². The van der Waals surface area contributed by atoms with E-state index in [9.17, 15) is 0 Å². The Morgan fingerprint density at radius 2 is 1.31 bits per heavy atom. The summed E-state index contributed by atoms with van der Waals surface area (Å²) in [5.74, 6) is 0.724. The molecule has 0 aromatic heterocycles. The number of allylic oxidation sites excluding steroid dienone is 4. The lowest BCUT2D eigenvalue weighted by Gasteiger charge is -1.98. The first kappa shape index (κ1) is 15.8. The van der Waals surface area contributed by atoms with Crippen LogP contribution in [0.5, 0.6) is 0 Å². The van der Waals surface area contributed by atoms with E-state index in [-0.39, 0.29) is 0 Å². The van der Waals surface area contributed by atoms with Gasteiger partial charge in [-0.3, -0.25) is 0 Å². The lowest BCUT2D eigenvalue weighted by Crippen LogP contribution is -1.78. The first-order chi connectivity index (χ1) is 7.91. The molecule has 0 saturated carbocycles. The average Bonchev–Trinajstić information content (AvgIpc) is 2.31. The molecule has 0 N–H and O–H groups in total. The SMILES string of the molecule is CCCCCCCCC/C=C/C=C/CCCl. The quantitative estimate of drug-likeness (QED) is 0.242. The van der Waals surface area contributed by atoms with Crippen molar-refractivity contribution in [2.24, 2.45) is 0 Å². The van der Waals surface area contributed by atoms with Gasteiger partial charge in [0.2, 0.25) is 0 Å². The van der Waals surface area contributed by atoms with Crippen molar-refractivity contribution in [1.82, 2.24) is 0 Å². The van der Waals surface area contributed by atoms with Crippen LogP contribution in [0.1, 0.15) is 64.7 Å². The molecule has 0 saturated heterocycles. The number of hydrogen-bond acceptors (Lipinski definition) is 0. The number of alkyl halides is 1. The highest BCUT2D eigenvalue weighted by molar-refractivity contribution is 6.17. The molecule has 0 unspecified atom stereocenters. The number of hydrogen-bond donors (Lipinski definition) is 0. The first-order valence-electron chi connectivity index (χ1n) is 6.79. The van der Waals surface area contributed by atoms with Gasteiger partial charge in [0.05, 0.1) is 0 Å². The minimum absolute atomic E-state index is 0.724. The van der Waals surface area contributed by atoms with Crippen molar-refractivity contribution in [1.29, 1.82) is 0 Å². The minimum atomic E-state index is 0.724. The van der Waals surface area contributed by atoms with Crippen molar-refractivity contribution in [3.8, 4) is 0 Å². The normalized spacial score (nSPS) is 11.9. The third-order valence-electron chi connectivity index (χ3n) is 2.63. The average molecular weight is 243 g/mol. The standard InChI is InChI=1S/C15H27Cl/c1-2-3-4-5-6-7-8-9-10-11-12-13-14-15-16/h10-13H,2-9,14-15H2,1H3/b11-10+,13-12+. The highest BCUT2D eigenvalue weighted by Crippen LogP contribution is 2.08. The van der Waals surface area contributed by atoms with Crippen LogP contribution in [-0.2, 0) is 0 Å². The molecule has 0 aliphatic heterocycles. The van der Waals surface area contributed by atoms with Gasteiger partial charge < -0.3 is 0 Å². The molecular weight excluding hydrogens is 216 g/mol. The number of halogens is 1. The topological polar surface area (TPSA) is 0 Å². The minimum Gasteiger partial charge on any atom is -0.126 e. The van der Waals surface area contributed by atoms with Crippen molar-refractivity contribution in [3.05, 3.63) is 24.3 Å². The van der Waals surface area contributed by atoms with Crippen LogP contribution in [0.3, 0.4) is 0 Å². The molecule has 0 aromatic carbocycles. The zero-order valence-corrected chi connectivity index (χ0v) is 11.5. The van der Waals surface area contributed by atoms with Crippen LogP contribution < -0.4 is 0 Å². The molecule has 0 radical (unpaired) electrons. The lowest BCUT2D eigenvalue weighted by atomic mass is 10.1. The Hall–Kier alpha value is -0.230. The molecule has 0 fully saturated rings. The summed E-state index contributed by atoms with van der Waals surface area (Å²) in [6, 6.07) is 0. The molecule has 0 rings (SSSR count). The highest BCUT2D eigenvalue weighted by atomic mass is 35.5. The molecule has 0 atom stereocenters. The predicted octanol–water partition coefficient (Wildman–Crippen LogP) is 5.87. The Kier molecular flexibility index (Phi) is 14.6. The zero-order chi connectivity index (χ0) is 11.9. The Morgan fingerprint density at radius 3 is 1.94 bits per heavy atom. The molecule has 0 nitrogen and oxygen atoms in total. The van der Waals surface area contributed by atoms with Crippen molar-refractivity contribution < 1.29 is 0 Å². The molecule has 0 spiro atoms. The maximum atomic E-state index is 5.56. The van der Waals surface area contributed by atoms with Gasteiger partial charge in [0.15, 0.2) is 0 Å². The van der Waals surface area contributed by atoms with Crippen LogP contribution >= 0.6 is 11.6 Å². The smallest absolute Gasteiger partial charge is 0.0258 e. The molecule has 16 heavy (non-hydrogen) atoms. The van der Waals surface area contributed by atoms with Gasteiger partial charge in [-0.1, -0.05) is 69.8 Å². The fourth-order valence-electron chi connectivity index (χ4n) is 1.63. The maximum Gasteiger partial charge on any atom is 0.0258 e. The van der Waals surface area contributed by atoms with Crippen molar-refractivity contribution in [2.45, 2.75) is 64.7 Å². The van der Waals surface area contributed by atoms with Gasteiger partial charge in [0.25, 0.3) is 0 Å². The second-order valence-corrected chi connectivity index (χ2v) is 4.62. The summed E-state index contributed by atoms with van der Waals surface area (Å²) < 4.78 is 0. The second-order valence-electron chi connectivity index (χ2n) is 4.24. The van der Waals surface area contributed by atoms with Crippen molar-refractivity contribution in [2.75, 3.05) is 5.88 Å². The third-order valence-corrected chi connectivity index (χ3v) is 2.85. The third kappa shape index (κ3) is 13.8. The van der Waals surface area contributed by atoms with Crippen LogP contribution in [0, 0.1) is 0 Å². The molecule has 94 valence electrons. The summed E-state index contributed by atoms with van der Waals surface area (Å²) in [5.41, 5.74) is 0. The van der Waals surface area contributed by atoms with Crippen LogP contribution in [-0.4, -0.2) is 5.88 Å². The molecule has 0 heterocycles. The molecule has 1 heteroatoms. The zero-order valence-electron chi connectivity index (χ0n) is 10.8. The Morgan fingerprint density at radius 1 is 0.750 bits per heavy atom. The molecule has 0 bridgehead atoms. The van der Waals surface area contributed by atoms with Gasteiger partial charge in [-0.15, -0.1) is 11.6 Å². The summed E-state index contributed by atoms with van der Waals surface area (Å²) >= 11 is 5.56. The molecule has 0 aromatic rings. The molecular formula is C15H27Cl. The van der Waals surface area contributed by atoms with E-state index in [0.717, 1.165) is 12.3 Å². The summed E-state index contributed by atoms with van der Waals surface area (Å²) in [7, 11) is 0. The fourth-order valence-corrected chi connectivity index (χ4v) is 1.76. The lowest BCUT2D eigenvalue weighted by molar-refractivity contribution is 0.592. The Balaban J connectivity index is 3.08. The highest BCUT2D eigenvalue weighted by Gasteiger charge is 1.88. The number of rotatable bonds is 11. The van der Waals surface area contributed by atoms with Gasteiger partial charge >= 0.3 is 0 Å². The van der Waals surface area contributed by atoms with Crippen LogP contribution in [0.25, 0.3) is 0 Å². The Labute approximate surface area is 107 Å². The van der Waals surface area contributed by atoms with E-state index in [0.29, 0.717) is 0 Å². The predicted molar refractivity (Wildman–Crippen MR) is 76.2 cm³/mol. The molecule has 0 aliphatic rings.